The van der Waals surface area contributed by atoms with Gasteiger partial charge in [-0.05, 0) is 43.4 Å². The first-order valence-corrected chi connectivity index (χ1v) is 6.79. The molecule has 0 amide bonds. The van der Waals surface area contributed by atoms with E-state index in [1.807, 2.05) is 19.1 Å². The topological polar surface area (TPSA) is 43.7 Å². The maximum absolute atomic E-state index is 9.72. The van der Waals surface area contributed by atoms with E-state index in [1.165, 1.54) is 5.69 Å². The van der Waals surface area contributed by atoms with Gasteiger partial charge in [-0.1, -0.05) is 19.1 Å². The highest BCUT2D eigenvalue weighted by molar-refractivity contribution is 5.47. The smallest absolute Gasteiger partial charge is 0.0787 e. The van der Waals surface area contributed by atoms with Gasteiger partial charge < -0.3 is 15.1 Å². The minimum atomic E-state index is -0.353. The summed E-state index contributed by atoms with van der Waals surface area (Å²) in [5.41, 5.74) is 2.15. The predicted octanol–water partition coefficient (Wildman–Crippen LogP) is 2.73. The number of benzene rings is 1. The zero-order valence-corrected chi connectivity index (χ0v) is 11.5. The maximum atomic E-state index is 9.72. The van der Waals surface area contributed by atoms with Crippen LogP contribution in [0.1, 0.15) is 44.3 Å². The highest BCUT2D eigenvalue weighted by Gasteiger charge is 2.05. The summed E-state index contributed by atoms with van der Waals surface area (Å²) in [7, 11) is 2.07. The Balaban J connectivity index is 2.46. The Bertz CT molecular complexity index is 324. The van der Waals surface area contributed by atoms with Crippen LogP contribution in [-0.4, -0.2) is 30.4 Å². The number of aliphatic hydroxyl groups excluding tert-OH is 2. The molecule has 0 radical (unpaired) electrons. The molecule has 1 aromatic carbocycles. The summed E-state index contributed by atoms with van der Waals surface area (Å²) in [6.45, 7) is 3.26. The van der Waals surface area contributed by atoms with Crippen molar-refractivity contribution in [3.8, 4) is 0 Å². The van der Waals surface area contributed by atoms with Crippen LogP contribution in [0, 0.1) is 0 Å². The molecular formula is C15H25NO2. The lowest BCUT2D eigenvalue weighted by molar-refractivity contribution is 0.173. The monoisotopic (exact) mass is 251 g/mol. The van der Waals surface area contributed by atoms with Crippen molar-refractivity contribution in [2.45, 2.75) is 38.7 Å². The first kappa shape index (κ1) is 15.0. The second-order valence-electron chi connectivity index (χ2n) is 4.72. The van der Waals surface area contributed by atoms with Gasteiger partial charge in [-0.2, -0.15) is 0 Å². The molecule has 1 atom stereocenters. The minimum absolute atomic E-state index is 0.285. The highest BCUT2D eigenvalue weighted by atomic mass is 16.3. The summed E-state index contributed by atoms with van der Waals surface area (Å²) < 4.78 is 0. The van der Waals surface area contributed by atoms with Crippen LogP contribution < -0.4 is 4.90 Å². The fourth-order valence-electron chi connectivity index (χ4n) is 1.95. The van der Waals surface area contributed by atoms with Gasteiger partial charge >= 0.3 is 0 Å². The van der Waals surface area contributed by atoms with E-state index in [0.29, 0.717) is 0 Å². The molecule has 0 saturated carbocycles. The Morgan fingerprint density at radius 2 is 1.78 bits per heavy atom. The van der Waals surface area contributed by atoms with Gasteiger partial charge in [0.15, 0.2) is 0 Å². The number of aliphatic hydroxyl groups is 2. The van der Waals surface area contributed by atoms with E-state index in [1.54, 1.807) is 0 Å². The Kier molecular flexibility index (Phi) is 6.76. The van der Waals surface area contributed by atoms with Crippen LogP contribution in [0.15, 0.2) is 24.3 Å². The Morgan fingerprint density at radius 1 is 1.11 bits per heavy atom. The van der Waals surface area contributed by atoms with Crippen LogP contribution >= 0.6 is 0 Å². The van der Waals surface area contributed by atoms with Crippen molar-refractivity contribution in [2.24, 2.45) is 0 Å². The zero-order chi connectivity index (χ0) is 13.4. The van der Waals surface area contributed by atoms with Crippen molar-refractivity contribution in [1.29, 1.82) is 0 Å². The Labute approximate surface area is 110 Å². The van der Waals surface area contributed by atoms with Crippen molar-refractivity contribution in [3.63, 3.8) is 0 Å². The number of rotatable bonds is 8. The summed E-state index contributed by atoms with van der Waals surface area (Å²) in [5, 5.41) is 18.4. The largest absolute Gasteiger partial charge is 0.396 e. The summed E-state index contributed by atoms with van der Waals surface area (Å²) in [4.78, 5) is 2.21. The van der Waals surface area contributed by atoms with E-state index in [0.717, 1.165) is 37.8 Å². The molecule has 3 heteroatoms. The Hall–Kier alpha value is -1.06. The quantitative estimate of drug-likeness (QED) is 0.698. The third-order valence-corrected chi connectivity index (χ3v) is 3.26. The molecule has 102 valence electrons. The molecule has 1 unspecified atom stereocenters. The molecule has 1 aromatic rings. The van der Waals surface area contributed by atoms with Gasteiger partial charge in [0.05, 0.1) is 6.10 Å². The average molecular weight is 251 g/mol. The normalized spacial score (nSPS) is 12.4. The molecule has 0 aromatic heterocycles. The van der Waals surface area contributed by atoms with E-state index < -0.39 is 0 Å². The third-order valence-electron chi connectivity index (χ3n) is 3.26. The number of unbranched alkanes of at least 4 members (excludes halogenated alkanes) is 2. The van der Waals surface area contributed by atoms with Gasteiger partial charge in [-0.15, -0.1) is 0 Å². The van der Waals surface area contributed by atoms with E-state index in [9.17, 15) is 5.11 Å². The van der Waals surface area contributed by atoms with E-state index in [2.05, 4.69) is 24.1 Å². The van der Waals surface area contributed by atoms with Crippen LogP contribution in [0.3, 0.4) is 0 Å². The summed E-state index contributed by atoms with van der Waals surface area (Å²) in [5.74, 6) is 0. The SMILES string of the molecule is CCC(O)c1ccc(N(C)CCCCCO)cc1. The molecule has 0 spiro atoms. The van der Waals surface area contributed by atoms with Gasteiger partial charge in [-0.3, -0.25) is 0 Å². The molecule has 0 aliphatic carbocycles. The minimum Gasteiger partial charge on any atom is -0.396 e. The molecule has 2 N–H and O–H groups in total. The summed E-state index contributed by atoms with van der Waals surface area (Å²) in [6, 6.07) is 8.10. The fourth-order valence-corrected chi connectivity index (χ4v) is 1.95. The van der Waals surface area contributed by atoms with Crippen molar-refractivity contribution in [2.75, 3.05) is 25.1 Å². The van der Waals surface area contributed by atoms with Gasteiger partial charge in [0.1, 0.15) is 0 Å². The van der Waals surface area contributed by atoms with E-state index in [-0.39, 0.29) is 12.7 Å². The van der Waals surface area contributed by atoms with Crippen molar-refractivity contribution < 1.29 is 10.2 Å². The molecule has 0 aliphatic heterocycles. The van der Waals surface area contributed by atoms with Crippen LogP contribution in [0.25, 0.3) is 0 Å². The molecular weight excluding hydrogens is 226 g/mol. The lowest BCUT2D eigenvalue weighted by Gasteiger charge is -2.20. The third kappa shape index (κ3) is 4.67. The lowest BCUT2D eigenvalue weighted by Crippen LogP contribution is -2.18. The second-order valence-corrected chi connectivity index (χ2v) is 4.72. The van der Waals surface area contributed by atoms with Crippen LogP contribution in [-0.2, 0) is 0 Å². The first-order valence-electron chi connectivity index (χ1n) is 6.79. The molecule has 1 rings (SSSR count). The molecule has 0 aliphatic rings. The second kappa shape index (κ2) is 8.11. The molecule has 3 nitrogen and oxygen atoms in total. The Morgan fingerprint density at radius 3 is 2.33 bits per heavy atom. The molecule has 0 saturated heterocycles. The van der Waals surface area contributed by atoms with Crippen LogP contribution in [0.2, 0.25) is 0 Å². The van der Waals surface area contributed by atoms with Crippen molar-refractivity contribution in [1.82, 2.24) is 0 Å². The molecule has 0 heterocycles. The lowest BCUT2D eigenvalue weighted by atomic mass is 10.1. The van der Waals surface area contributed by atoms with E-state index >= 15 is 0 Å². The fraction of sp³-hybridized carbons (Fsp3) is 0.600. The van der Waals surface area contributed by atoms with Crippen molar-refractivity contribution in [3.05, 3.63) is 29.8 Å². The first-order chi connectivity index (χ1) is 8.69. The van der Waals surface area contributed by atoms with Crippen LogP contribution in [0.4, 0.5) is 5.69 Å². The number of hydrogen-bond donors (Lipinski definition) is 2. The predicted molar refractivity (Wildman–Crippen MR) is 75.9 cm³/mol. The van der Waals surface area contributed by atoms with E-state index in [4.69, 9.17) is 5.11 Å². The summed E-state index contributed by atoms with van der Waals surface area (Å²) >= 11 is 0. The van der Waals surface area contributed by atoms with Gasteiger partial charge in [-0.25, -0.2) is 0 Å². The van der Waals surface area contributed by atoms with Gasteiger partial charge in [0.2, 0.25) is 0 Å². The highest BCUT2D eigenvalue weighted by Crippen LogP contribution is 2.20. The average Bonchev–Trinajstić information content (AvgIpc) is 2.42. The zero-order valence-electron chi connectivity index (χ0n) is 11.5. The standard InChI is InChI=1S/C15H25NO2/c1-3-15(18)13-7-9-14(10-8-13)16(2)11-5-4-6-12-17/h7-10,15,17-18H,3-6,11-12H2,1-2H3. The summed E-state index contributed by atoms with van der Waals surface area (Å²) in [6.07, 6.45) is 3.43. The number of hydrogen-bond acceptors (Lipinski definition) is 3. The van der Waals surface area contributed by atoms with Gasteiger partial charge in [0, 0.05) is 25.9 Å². The molecule has 18 heavy (non-hydrogen) atoms. The van der Waals surface area contributed by atoms with Crippen molar-refractivity contribution >= 4 is 5.69 Å². The molecule has 0 bridgehead atoms. The van der Waals surface area contributed by atoms with Crippen LogP contribution in [0.5, 0.6) is 0 Å². The number of anilines is 1. The molecule has 0 fully saturated rings. The number of nitrogens with zero attached hydrogens (tertiary/aromatic N) is 1. The maximum Gasteiger partial charge on any atom is 0.0787 e. The van der Waals surface area contributed by atoms with Gasteiger partial charge in [0.25, 0.3) is 0 Å².